The fourth-order valence-corrected chi connectivity index (χ4v) is 1.45. The minimum atomic E-state index is -0.392. The highest BCUT2D eigenvalue weighted by Gasteiger charge is 2.26. The monoisotopic (exact) mass is 238 g/mol. The molecule has 1 aromatic carbocycles. The quantitative estimate of drug-likeness (QED) is 0.612. The van der Waals surface area contributed by atoms with Crippen LogP contribution in [0.5, 0.6) is 0 Å². The van der Waals surface area contributed by atoms with Crippen LogP contribution < -0.4 is 5.73 Å². The van der Waals surface area contributed by atoms with Crippen LogP contribution in [0.15, 0.2) is 29.4 Å². The number of benzene rings is 1. The van der Waals surface area contributed by atoms with Gasteiger partial charge in [-0.2, -0.15) is 0 Å². The summed E-state index contributed by atoms with van der Waals surface area (Å²) in [4.78, 5) is 5.46. The van der Waals surface area contributed by atoms with E-state index < -0.39 is 5.60 Å². The molecule has 2 N–H and O–H groups in total. The van der Waals surface area contributed by atoms with Gasteiger partial charge in [-0.25, -0.2) is 4.39 Å². The van der Waals surface area contributed by atoms with E-state index in [-0.39, 0.29) is 5.82 Å². The summed E-state index contributed by atoms with van der Waals surface area (Å²) in [6.45, 7) is 4.47. The molecule has 0 heterocycles. The molecule has 0 aromatic heterocycles. The summed E-state index contributed by atoms with van der Waals surface area (Å²) in [5, 5.41) is 3.93. The van der Waals surface area contributed by atoms with Crippen LogP contribution in [0.25, 0.3) is 0 Å². The van der Waals surface area contributed by atoms with Gasteiger partial charge in [0.15, 0.2) is 0 Å². The zero-order chi connectivity index (χ0) is 12.7. The van der Waals surface area contributed by atoms with Crippen molar-refractivity contribution in [2.45, 2.75) is 32.3 Å². The van der Waals surface area contributed by atoms with Gasteiger partial charge >= 0.3 is 0 Å². The van der Waals surface area contributed by atoms with Gasteiger partial charge in [0.05, 0.1) is 6.21 Å². The lowest BCUT2D eigenvalue weighted by Crippen LogP contribution is -2.38. The van der Waals surface area contributed by atoms with E-state index in [1.54, 1.807) is 18.3 Å². The zero-order valence-corrected chi connectivity index (χ0v) is 10.3. The zero-order valence-electron chi connectivity index (χ0n) is 10.3. The van der Waals surface area contributed by atoms with Crippen molar-refractivity contribution in [1.29, 1.82) is 0 Å². The third kappa shape index (κ3) is 3.82. The van der Waals surface area contributed by atoms with Crippen molar-refractivity contribution in [2.75, 3.05) is 6.54 Å². The smallest absolute Gasteiger partial charge is 0.149 e. The summed E-state index contributed by atoms with van der Waals surface area (Å²) in [7, 11) is 0. The van der Waals surface area contributed by atoms with Crippen LogP contribution in [0.1, 0.15) is 32.3 Å². The summed E-state index contributed by atoms with van der Waals surface area (Å²) in [6.07, 6.45) is 3.18. The molecule has 0 aliphatic heterocycles. The summed E-state index contributed by atoms with van der Waals surface area (Å²) < 4.78 is 12.7. The van der Waals surface area contributed by atoms with Crippen LogP contribution >= 0.6 is 0 Å². The van der Waals surface area contributed by atoms with Gasteiger partial charge in [-0.05, 0) is 30.5 Å². The van der Waals surface area contributed by atoms with Gasteiger partial charge in [-0.15, -0.1) is 0 Å². The fourth-order valence-electron chi connectivity index (χ4n) is 1.45. The van der Waals surface area contributed by atoms with E-state index in [1.165, 1.54) is 12.1 Å². The normalized spacial score (nSPS) is 12.0. The molecule has 0 atom stereocenters. The third-order valence-electron chi connectivity index (χ3n) is 2.98. The average Bonchev–Trinajstić information content (AvgIpc) is 2.38. The molecule has 0 aliphatic rings. The van der Waals surface area contributed by atoms with Crippen molar-refractivity contribution in [3.63, 3.8) is 0 Å². The molecule has 17 heavy (non-hydrogen) atoms. The maximum Gasteiger partial charge on any atom is 0.149 e. The first-order valence-corrected chi connectivity index (χ1v) is 5.83. The Morgan fingerprint density at radius 3 is 2.35 bits per heavy atom. The molecule has 4 heteroatoms. The minimum Gasteiger partial charge on any atom is -0.388 e. The van der Waals surface area contributed by atoms with Gasteiger partial charge in [0, 0.05) is 6.54 Å². The van der Waals surface area contributed by atoms with Crippen molar-refractivity contribution in [3.8, 4) is 0 Å². The van der Waals surface area contributed by atoms with Gasteiger partial charge in [-0.1, -0.05) is 31.1 Å². The number of nitrogens with zero attached hydrogens (tertiary/aromatic N) is 1. The van der Waals surface area contributed by atoms with Gasteiger partial charge in [-0.3, -0.25) is 0 Å². The highest BCUT2D eigenvalue weighted by atomic mass is 19.1. The molecule has 94 valence electrons. The topological polar surface area (TPSA) is 47.6 Å². The molecule has 0 aliphatic carbocycles. The van der Waals surface area contributed by atoms with Crippen LogP contribution in [0.4, 0.5) is 4.39 Å². The summed E-state index contributed by atoms with van der Waals surface area (Å²) in [5.41, 5.74) is 6.08. The van der Waals surface area contributed by atoms with E-state index in [0.717, 1.165) is 18.4 Å². The maximum atomic E-state index is 12.7. The van der Waals surface area contributed by atoms with Crippen molar-refractivity contribution in [1.82, 2.24) is 0 Å². The first-order chi connectivity index (χ1) is 8.15. The van der Waals surface area contributed by atoms with Crippen molar-refractivity contribution in [3.05, 3.63) is 35.6 Å². The number of rotatable bonds is 6. The summed E-state index contributed by atoms with van der Waals surface area (Å²) >= 11 is 0. The van der Waals surface area contributed by atoms with Gasteiger partial charge in [0.2, 0.25) is 0 Å². The fraction of sp³-hybridized carbons (Fsp3) is 0.462. The second-order valence-electron chi connectivity index (χ2n) is 3.97. The predicted molar refractivity (Wildman–Crippen MR) is 67.4 cm³/mol. The Morgan fingerprint density at radius 2 is 1.88 bits per heavy atom. The van der Waals surface area contributed by atoms with E-state index in [1.807, 2.05) is 13.8 Å². The molecule has 0 spiro atoms. The van der Waals surface area contributed by atoms with Gasteiger partial charge in [0.1, 0.15) is 11.4 Å². The molecule has 1 rings (SSSR count). The largest absolute Gasteiger partial charge is 0.388 e. The van der Waals surface area contributed by atoms with Crippen LogP contribution in [0.2, 0.25) is 0 Å². The lowest BCUT2D eigenvalue weighted by atomic mass is 9.98. The number of hydrogen-bond donors (Lipinski definition) is 1. The Hall–Kier alpha value is -1.42. The molecule has 0 saturated carbocycles. The Morgan fingerprint density at radius 1 is 1.29 bits per heavy atom. The second-order valence-corrected chi connectivity index (χ2v) is 3.97. The molecular weight excluding hydrogens is 219 g/mol. The number of nitrogens with two attached hydrogens (primary N) is 1. The van der Waals surface area contributed by atoms with E-state index in [0.29, 0.717) is 6.54 Å². The minimum absolute atomic E-state index is 0.263. The summed E-state index contributed by atoms with van der Waals surface area (Å²) in [6, 6.07) is 6.06. The van der Waals surface area contributed by atoms with E-state index in [9.17, 15) is 4.39 Å². The number of hydrogen-bond acceptors (Lipinski definition) is 3. The van der Waals surface area contributed by atoms with Crippen molar-refractivity contribution in [2.24, 2.45) is 10.9 Å². The van der Waals surface area contributed by atoms with E-state index in [4.69, 9.17) is 10.6 Å². The van der Waals surface area contributed by atoms with Crippen LogP contribution in [0.3, 0.4) is 0 Å². The first kappa shape index (κ1) is 13.6. The molecule has 0 unspecified atom stereocenters. The lowest BCUT2D eigenvalue weighted by molar-refractivity contribution is -0.0410. The molecule has 0 bridgehead atoms. The van der Waals surface area contributed by atoms with Crippen LogP contribution in [-0.2, 0) is 4.84 Å². The number of oxime groups is 1. The number of halogens is 1. The van der Waals surface area contributed by atoms with Crippen molar-refractivity contribution < 1.29 is 9.23 Å². The SMILES string of the molecule is CCC(CC)(CN)O/N=C/c1ccc(F)cc1. The molecule has 1 aromatic rings. The second kappa shape index (κ2) is 6.35. The third-order valence-corrected chi connectivity index (χ3v) is 2.98. The van der Waals surface area contributed by atoms with Gasteiger partial charge < -0.3 is 10.6 Å². The molecule has 0 fully saturated rings. The highest BCUT2D eigenvalue weighted by molar-refractivity contribution is 5.78. The van der Waals surface area contributed by atoms with E-state index >= 15 is 0 Å². The predicted octanol–water partition coefficient (Wildman–Crippen LogP) is 2.69. The highest BCUT2D eigenvalue weighted by Crippen LogP contribution is 2.19. The maximum absolute atomic E-state index is 12.7. The standard InChI is InChI=1S/C13H19FN2O/c1-3-13(4-2,10-15)17-16-9-11-5-7-12(14)8-6-11/h5-9H,3-4,10,15H2,1-2H3/b16-9+. The van der Waals surface area contributed by atoms with Crippen LogP contribution in [-0.4, -0.2) is 18.4 Å². The molecule has 0 saturated heterocycles. The van der Waals surface area contributed by atoms with Crippen LogP contribution in [0, 0.1) is 5.82 Å². The average molecular weight is 238 g/mol. The van der Waals surface area contributed by atoms with E-state index in [2.05, 4.69) is 5.16 Å². The summed E-state index contributed by atoms with van der Waals surface area (Å²) in [5.74, 6) is -0.263. The Kier molecular flexibility index (Phi) is 5.10. The van der Waals surface area contributed by atoms with Gasteiger partial charge in [0.25, 0.3) is 0 Å². The molecular formula is C13H19FN2O. The molecule has 0 radical (unpaired) electrons. The molecule has 3 nitrogen and oxygen atoms in total. The van der Waals surface area contributed by atoms with Crippen molar-refractivity contribution >= 4 is 6.21 Å². The Labute approximate surface area is 101 Å². The Balaban J connectivity index is 2.62. The first-order valence-electron chi connectivity index (χ1n) is 5.83. The molecule has 0 amide bonds. The Bertz CT molecular complexity index is 350. The lowest BCUT2D eigenvalue weighted by Gasteiger charge is -2.26.